The van der Waals surface area contributed by atoms with Crippen molar-refractivity contribution < 1.29 is 34.2 Å². The van der Waals surface area contributed by atoms with Gasteiger partial charge >= 0.3 is 5.97 Å². The first-order valence-corrected chi connectivity index (χ1v) is 11.6. The Hall–Kier alpha value is -3.46. The number of nitrogens with one attached hydrogen (secondary N) is 4. The van der Waals surface area contributed by atoms with Gasteiger partial charge in [0, 0.05) is 6.54 Å². The molecule has 36 heavy (non-hydrogen) atoms. The third-order valence-electron chi connectivity index (χ3n) is 5.36. The first-order chi connectivity index (χ1) is 16.7. The molecule has 15 nitrogen and oxygen atoms in total. The lowest BCUT2D eigenvalue weighted by atomic mass is 9.98. The van der Waals surface area contributed by atoms with Crippen molar-refractivity contribution in [2.45, 2.75) is 77.2 Å². The summed E-state index contributed by atoms with van der Waals surface area (Å²) in [7, 11) is 0. The van der Waals surface area contributed by atoms with Crippen molar-refractivity contribution in [3.63, 3.8) is 0 Å². The van der Waals surface area contributed by atoms with Crippen LogP contribution in [-0.2, 0) is 24.0 Å². The number of nitrogens with two attached hydrogens (primary N) is 3. The number of guanidine groups is 1. The Bertz CT molecular complexity index is 801. The van der Waals surface area contributed by atoms with Gasteiger partial charge in [-0.15, -0.1) is 0 Å². The number of rotatable bonds is 16. The van der Waals surface area contributed by atoms with Gasteiger partial charge < -0.3 is 48.7 Å². The predicted molar refractivity (Wildman–Crippen MR) is 131 cm³/mol. The quantitative estimate of drug-likeness (QED) is 0.0554. The van der Waals surface area contributed by atoms with Gasteiger partial charge in [0.25, 0.3) is 0 Å². The molecule has 6 atom stereocenters. The highest BCUT2D eigenvalue weighted by Crippen LogP contribution is 2.09. The number of aliphatic imine (C=N–C) groups is 1. The fourth-order valence-corrected chi connectivity index (χ4v) is 2.89. The number of carbonyl (C=O) groups is 5. The van der Waals surface area contributed by atoms with E-state index in [1.54, 1.807) is 13.8 Å². The summed E-state index contributed by atoms with van der Waals surface area (Å²) in [5.74, 6) is -4.53. The first-order valence-electron chi connectivity index (χ1n) is 11.6. The molecule has 0 saturated carbocycles. The summed E-state index contributed by atoms with van der Waals surface area (Å²) < 4.78 is 0. The van der Waals surface area contributed by atoms with Crippen LogP contribution >= 0.6 is 0 Å². The molecular formula is C21H40N8O7. The van der Waals surface area contributed by atoms with Crippen molar-refractivity contribution in [2.24, 2.45) is 28.1 Å². The monoisotopic (exact) mass is 516 g/mol. The molecule has 12 N–H and O–H groups in total. The van der Waals surface area contributed by atoms with Crippen LogP contribution in [0.3, 0.4) is 0 Å². The number of aliphatic hydroxyl groups is 1. The van der Waals surface area contributed by atoms with Gasteiger partial charge in [-0.25, -0.2) is 0 Å². The highest BCUT2D eigenvalue weighted by molar-refractivity contribution is 5.95. The molecule has 0 aromatic heterocycles. The van der Waals surface area contributed by atoms with Gasteiger partial charge in [0.05, 0.1) is 6.10 Å². The van der Waals surface area contributed by atoms with E-state index in [4.69, 9.17) is 22.3 Å². The molecule has 4 amide bonds. The molecule has 206 valence electrons. The molecule has 0 unspecified atom stereocenters. The van der Waals surface area contributed by atoms with Crippen molar-refractivity contribution in [1.29, 1.82) is 0 Å². The lowest BCUT2D eigenvalue weighted by Crippen LogP contribution is -2.58. The number of carboxylic acid groups (broad SMARTS) is 1. The van der Waals surface area contributed by atoms with E-state index in [0.29, 0.717) is 12.8 Å². The molecule has 0 rings (SSSR count). The second-order valence-electron chi connectivity index (χ2n) is 8.49. The number of aliphatic carboxylic acids is 1. The van der Waals surface area contributed by atoms with Gasteiger partial charge in [0.15, 0.2) is 5.96 Å². The van der Waals surface area contributed by atoms with E-state index in [2.05, 4.69) is 26.3 Å². The summed E-state index contributed by atoms with van der Waals surface area (Å²) >= 11 is 0. The van der Waals surface area contributed by atoms with Crippen LogP contribution in [0.1, 0.15) is 47.0 Å². The Morgan fingerprint density at radius 1 is 0.917 bits per heavy atom. The van der Waals surface area contributed by atoms with Crippen LogP contribution in [0.2, 0.25) is 0 Å². The number of aliphatic hydroxyl groups excluding tert-OH is 1. The third kappa shape index (κ3) is 12.3. The fourth-order valence-electron chi connectivity index (χ4n) is 2.89. The predicted octanol–water partition coefficient (Wildman–Crippen LogP) is -3.53. The largest absolute Gasteiger partial charge is 0.480 e. The molecule has 0 saturated heterocycles. The summed E-state index contributed by atoms with van der Waals surface area (Å²) in [4.78, 5) is 64.8. The van der Waals surface area contributed by atoms with E-state index in [-0.39, 0.29) is 24.8 Å². The molecule has 0 radical (unpaired) electrons. The van der Waals surface area contributed by atoms with Gasteiger partial charge in [0.1, 0.15) is 30.7 Å². The standard InChI is InChI=1S/C21H40N8O7/c1-5-10(2)16(20(36)26-9-14(31)32)29-17(33)11(3)27-18(34)13(7-6-8-25-21(23)24)28-19(35)15(22)12(4)30/h10-13,15-16,30H,5-9,22H2,1-4H3,(H,26,36)(H,27,34)(H,28,35)(H,29,33)(H,31,32)(H4,23,24,25)/t10-,11-,12+,13-,15-,16-/m0/s1. The highest BCUT2D eigenvalue weighted by Gasteiger charge is 2.30. The van der Waals surface area contributed by atoms with Gasteiger partial charge in [-0.05, 0) is 32.6 Å². The third-order valence-corrected chi connectivity index (χ3v) is 5.36. The van der Waals surface area contributed by atoms with E-state index in [0.717, 1.165) is 0 Å². The average Bonchev–Trinajstić information content (AvgIpc) is 2.80. The van der Waals surface area contributed by atoms with Crippen LogP contribution in [0.25, 0.3) is 0 Å². The molecule has 0 aromatic carbocycles. The van der Waals surface area contributed by atoms with E-state index in [9.17, 15) is 29.1 Å². The van der Waals surface area contributed by atoms with Crippen LogP contribution in [0.15, 0.2) is 4.99 Å². The lowest BCUT2D eigenvalue weighted by molar-refractivity contribution is -0.139. The Balaban J connectivity index is 5.36. The summed E-state index contributed by atoms with van der Waals surface area (Å²) in [6.07, 6.45) is -0.243. The fraction of sp³-hybridized carbons (Fsp3) is 0.714. The van der Waals surface area contributed by atoms with E-state index >= 15 is 0 Å². The van der Waals surface area contributed by atoms with E-state index < -0.39 is 66.4 Å². The van der Waals surface area contributed by atoms with Crippen molar-refractivity contribution in [3.8, 4) is 0 Å². The number of amides is 4. The molecule has 0 bridgehead atoms. The van der Waals surface area contributed by atoms with Crippen molar-refractivity contribution in [3.05, 3.63) is 0 Å². The maximum Gasteiger partial charge on any atom is 0.322 e. The number of carbonyl (C=O) groups excluding carboxylic acids is 4. The highest BCUT2D eigenvalue weighted by atomic mass is 16.4. The zero-order chi connectivity index (χ0) is 28.0. The maximum absolute atomic E-state index is 12.9. The summed E-state index contributed by atoms with van der Waals surface area (Å²) in [6, 6.07) is -4.53. The molecule has 15 heteroatoms. The molecule has 0 aliphatic carbocycles. The van der Waals surface area contributed by atoms with Crippen LogP contribution < -0.4 is 38.5 Å². The molecule has 0 aliphatic heterocycles. The van der Waals surface area contributed by atoms with Gasteiger partial charge in [0.2, 0.25) is 23.6 Å². The molecular weight excluding hydrogens is 476 g/mol. The molecule has 0 spiro atoms. The van der Waals surface area contributed by atoms with Gasteiger partial charge in [-0.2, -0.15) is 0 Å². The Labute approximate surface area is 210 Å². The van der Waals surface area contributed by atoms with Crippen LogP contribution in [0.4, 0.5) is 0 Å². The van der Waals surface area contributed by atoms with Crippen LogP contribution in [-0.4, -0.2) is 89.1 Å². The Kier molecular flexibility index (Phi) is 14.7. The summed E-state index contributed by atoms with van der Waals surface area (Å²) in [5, 5.41) is 28.0. The van der Waals surface area contributed by atoms with Crippen LogP contribution in [0, 0.1) is 5.92 Å². The minimum absolute atomic E-state index is 0.0995. The topological polar surface area (TPSA) is 264 Å². The minimum atomic E-state index is -1.28. The lowest BCUT2D eigenvalue weighted by Gasteiger charge is -2.26. The average molecular weight is 517 g/mol. The molecule has 0 aromatic rings. The first kappa shape index (κ1) is 32.5. The number of hydrogen-bond donors (Lipinski definition) is 9. The smallest absolute Gasteiger partial charge is 0.322 e. The maximum atomic E-state index is 12.9. The molecule has 0 heterocycles. The van der Waals surface area contributed by atoms with Gasteiger partial charge in [-0.3, -0.25) is 29.0 Å². The molecule has 0 aliphatic rings. The molecule has 0 fully saturated rings. The Morgan fingerprint density at radius 2 is 1.53 bits per heavy atom. The zero-order valence-electron chi connectivity index (χ0n) is 21.1. The summed E-state index contributed by atoms with van der Waals surface area (Å²) in [5.41, 5.74) is 16.2. The van der Waals surface area contributed by atoms with E-state index in [1.165, 1.54) is 13.8 Å². The van der Waals surface area contributed by atoms with Crippen molar-refractivity contribution in [1.82, 2.24) is 21.3 Å². The van der Waals surface area contributed by atoms with Crippen molar-refractivity contribution in [2.75, 3.05) is 13.1 Å². The number of carboxylic acids is 1. The number of hydrogen-bond acceptors (Lipinski definition) is 8. The zero-order valence-corrected chi connectivity index (χ0v) is 21.1. The summed E-state index contributed by atoms with van der Waals surface area (Å²) in [6.45, 7) is 5.79. The van der Waals surface area contributed by atoms with Gasteiger partial charge in [-0.1, -0.05) is 20.3 Å². The normalized spacial score (nSPS) is 15.7. The van der Waals surface area contributed by atoms with Crippen LogP contribution in [0.5, 0.6) is 0 Å². The second-order valence-corrected chi connectivity index (χ2v) is 8.49. The number of nitrogens with zero attached hydrogens (tertiary/aromatic N) is 1. The minimum Gasteiger partial charge on any atom is -0.480 e. The van der Waals surface area contributed by atoms with Crippen molar-refractivity contribution >= 4 is 35.6 Å². The van der Waals surface area contributed by atoms with E-state index in [1.807, 2.05) is 0 Å². The SMILES string of the molecule is CC[C@H](C)[C@H](NC(=O)[C@H](C)NC(=O)[C@H](CCCN=C(N)N)NC(=O)[C@@H](N)[C@@H](C)O)C(=O)NCC(=O)O. The Morgan fingerprint density at radius 3 is 2.03 bits per heavy atom. The second kappa shape index (κ2) is 16.3.